The summed E-state index contributed by atoms with van der Waals surface area (Å²) in [6, 6.07) is 1.93. The fourth-order valence-corrected chi connectivity index (χ4v) is 1.74. The number of hydrogen-bond donors (Lipinski definition) is 2. The first kappa shape index (κ1) is 13.1. The van der Waals surface area contributed by atoms with Crippen LogP contribution in [-0.4, -0.2) is 30.4 Å². The summed E-state index contributed by atoms with van der Waals surface area (Å²) in [5.74, 6) is 0. The molecule has 4 heteroatoms. The van der Waals surface area contributed by atoms with Crippen LogP contribution in [0.3, 0.4) is 0 Å². The summed E-state index contributed by atoms with van der Waals surface area (Å²) < 4.78 is 5.08. The van der Waals surface area contributed by atoms with Gasteiger partial charge < -0.3 is 15.6 Å². The van der Waals surface area contributed by atoms with Crippen LogP contribution in [0.1, 0.15) is 24.0 Å². The van der Waals surface area contributed by atoms with Crippen molar-refractivity contribution in [1.82, 2.24) is 4.98 Å². The largest absolute Gasteiger partial charge is 0.383 e. The Labute approximate surface area is 96.5 Å². The molecule has 1 unspecified atom stereocenters. The third-order valence-electron chi connectivity index (χ3n) is 2.59. The van der Waals surface area contributed by atoms with Gasteiger partial charge in [-0.25, -0.2) is 0 Å². The number of nitrogens with zero attached hydrogens (tertiary/aromatic N) is 1. The van der Waals surface area contributed by atoms with E-state index in [4.69, 9.17) is 10.5 Å². The van der Waals surface area contributed by atoms with Crippen LogP contribution in [0.2, 0.25) is 0 Å². The molecule has 0 bridgehead atoms. The van der Waals surface area contributed by atoms with E-state index in [9.17, 15) is 5.11 Å². The number of aliphatic hydroxyl groups is 1. The van der Waals surface area contributed by atoms with E-state index in [2.05, 4.69) is 4.98 Å². The predicted octanol–water partition coefficient (Wildman–Crippen LogP) is 0.963. The normalized spacial score (nSPS) is 14.8. The first-order valence-electron chi connectivity index (χ1n) is 5.46. The van der Waals surface area contributed by atoms with Gasteiger partial charge in [0.25, 0.3) is 0 Å². The Morgan fingerprint density at radius 3 is 2.81 bits per heavy atom. The zero-order valence-corrected chi connectivity index (χ0v) is 9.94. The maximum atomic E-state index is 10.5. The van der Waals surface area contributed by atoms with Crippen molar-refractivity contribution >= 4 is 0 Å². The molecule has 0 aliphatic rings. The molecule has 0 saturated carbocycles. The summed E-state index contributed by atoms with van der Waals surface area (Å²) in [6.07, 6.45) is 4.79. The Morgan fingerprint density at radius 2 is 2.25 bits per heavy atom. The van der Waals surface area contributed by atoms with Gasteiger partial charge in [-0.05, 0) is 31.9 Å². The Bertz CT molecular complexity index is 331. The second kappa shape index (κ2) is 5.94. The summed E-state index contributed by atoms with van der Waals surface area (Å²) in [5.41, 5.74) is 6.32. The summed E-state index contributed by atoms with van der Waals surface area (Å²) in [5, 5.41) is 10.5. The van der Waals surface area contributed by atoms with E-state index in [1.165, 1.54) is 0 Å². The highest BCUT2D eigenvalue weighted by molar-refractivity contribution is 5.23. The van der Waals surface area contributed by atoms with Crippen LogP contribution in [0, 0.1) is 6.92 Å². The van der Waals surface area contributed by atoms with Crippen LogP contribution in [-0.2, 0) is 10.3 Å². The lowest BCUT2D eigenvalue weighted by Gasteiger charge is -2.27. The number of aryl methyl sites for hydroxylation is 1. The smallest absolute Gasteiger partial charge is 0.114 e. The van der Waals surface area contributed by atoms with Crippen molar-refractivity contribution in [2.75, 3.05) is 20.3 Å². The topological polar surface area (TPSA) is 68.4 Å². The summed E-state index contributed by atoms with van der Waals surface area (Å²) in [7, 11) is 1.58. The minimum Gasteiger partial charge on any atom is -0.383 e. The highest BCUT2D eigenvalue weighted by Gasteiger charge is 2.29. The molecule has 0 fully saturated rings. The van der Waals surface area contributed by atoms with Gasteiger partial charge in [-0.1, -0.05) is 6.07 Å². The van der Waals surface area contributed by atoms with Crippen molar-refractivity contribution < 1.29 is 9.84 Å². The Morgan fingerprint density at radius 1 is 1.50 bits per heavy atom. The number of pyridine rings is 1. The molecule has 90 valence electrons. The summed E-state index contributed by atoms with van der Waals surface area (Å²) in [4.78, 5) is 4.09. The zero-order chi connectivity index (χ0) is 12.0. The zero-order valence-electron chi connectivity index (χ0n) is 9.94. The highest BCUT2D eigenvalue weighted by atomic mass is 16.5. The van der Waals surface area contributed by atoms with Crippen molar-refractivity contribution in [1.29, 1.82) is 0 Å². The molecule has 3 N–H and O–H groups in total. The molecule has 0 aromatic carbocycles. The van der Waals surface area contributed by atoms with E-state index in [0.29, 0.717) is 13.0 Å². The van der Waals surface area contributed by atoms with Crippen LogP contribution in [0.4, 0.5) is 0 Å². The molecule has 1 atom stereocenters. The molecule has 0 spiro atoms. The molecule has 4 nitrogen and oxygen atoms in total. The average molecular weight is 224 g/mol. The first-order chi connectivity index (χ1) is 7.62. The van der Waals surface area contributed by atoms with Gasteiger partial charge in [0.05, 0.1) is 6.61 Å². The number of aromatic nitrogens is 1. The molecule has 0 amide bonds. The monoisotopic (exact) mass is 224 g/mol. The SMILES string of the molecule is COCC(O)(CCCN)c1cncc(C)c1. The molecular weight excluding hydrogens is 204 g/mol. The Hall–Kier alpha value is -0.970. The lowest BCUT2D eigenvalue weighted by Crippen LogP contribution is -2.32. The minimum absolute atomic E-state index is 0.262. The molecule has 0 aliphatic heterocycles. The van der Waals surface area contributed by atoms with Crippen LogP contribution in [0.5, 0.6) is 0 Å². The molecule has 0 saturated heterocycles. The summed E-state index contributed by atoms with van der Waals surface area (Å²) >= 11 is 0. The predicted molar refractivity (Wildman–Crippen MR) is 63.0 cm³/mol. The van der Waals surface area contributed by atoms with E-state index < -0.39 is 5.60 Å². The van der Waals surface area contributed by atoms with Crippen LogP contribution in [0.25, 0.3) is 0 Å². The molecule has 16 heavy (non-hydrogen) atoms. The number of methoxy groups -OCH3 is 1. The lowest BCUT2D eigenvalue weighted by molar-refractivity contribution is -0.0432. The van der Waals surface area contributed by atoms with Crippen molar-refractivity contribution in [2.24, 2.45) is 5.73 Å². The van der Waals surface area contributed by atoms with Gasteiger partial charge in [0, 0.05) is 25.1 Å². The maximum Gasteiger partial charge on any atom is 0.114 e. The second-order valence-electron chi connectivity index (χ2n) is 4.11. The third-order valence-corrected chi connectivity index (χ3v) is 2.59. The van der Waals surface area contributed by atoms with E-state index >= 15 is 0 Å². The number of hydrogen-bond acceptors (Lipinski definition) is 4. The van der Waals surface area contributed by atoms with Gasteiger partial charge in [0.15, 0.2) is 0 Å². The lowest BCUT2D eigenvalue weighted by atomic mass is 9.90. The van der Waals surface area contributed by atoms with E-state index in [-0.39, 0.29) is 6.61 Å². The van der Waals surface area contributed by atoms with Crippen molar-refractivity contribution in [3.05, 3.63) is 29.6 Å². The number of nitrogens with two attached hydrogens (primary N) is 1. The van der Waals surface area contributed by atoms with Gasteiger partial charge in [-0.3, -0.25) is 4.98 Å². The fourth-order valence-electron chi connectivity index (χ4n) is 1.74. The Kier molecular flexibility index (Phi) is 4.86. The van der Waals surface area contributed by atoms with Gasteiger partial charge in [-0.15, -0.1) is 0 Å². The quantitative estimate of drug-likeness (QED) is 0.755. The minimum atomic E-state index is -0.979. The molecule has 0 radical (unpaired) electrons. The highest BCUT2D eigenvalue weighted by Crippen LogP contribution is 2.26. The fraction of sp³-hybridized carbons (Fsp3) is 0.583. The third kappa shape index (κ3) is 3.27. The van der Waals surface area contributed by atoms with Crippen molar-refractivity contribution in [3.8, 4) is 0 Å². The van der Waals surface area contributed by atoms with Crippen LogP contribution in [0.15, 0.2) is 18.5 Å². The average Bonchev–Trinajstić information content (AvgIpc) is 2.27. The number of ether oxygens (including phenoxy) is 1. The number of rotatable bonds is 6. The summed E-state index contributed by atoms with van der Waals surface area (Å²) in [6.45, 7) is 2.77. The van der Waals surface area contributed by atoms with Crippen molar-refractivity contribution in [3.63, 3.8) is 0 Å². The molecule has 0 aliphatic carbocycles. The second-order valence-corrected chi connectivity index (χ2v) is 4.11. The molecule has 1 aromatic rings. The van der Waals surface area contributed by atoms with Crippen molar-refractivity contribution in [2.45, 2.75) is 25.4 Å². The van der Waals surface area contributed by atoms with E-state index in [0.717, 1.165) is 17.5 Å². The maximum absolute atomic E-state index is 10.5. The first-order valence-corrected chi connectivity index (χ1v) is 5.46. The van der Waals surface area contributed by atoms with Gasteiger partial charge in [0.2, 0.25) is 0 Å². The van der Waals surface area contributed by atoms with E-state index in [1.807, 2.05) is 13.0 Å². The Balaban J connectivity index is 2.91. The molecule has 1 heterocycles. The van der Waals surface area contributed by atoms with Gasteiger partial charge in [0.1, 0.15) is 5.60 Å². The molecular formula is C12H20N2O2. The molecule has 1 rings (SSSR count). The molecule has 1 aromatic heterocycles. The van der Waals surface area contributed by atoms with E-state index in [1.54, 1.807) is 19.5 Å². The van der Waals surface area contributed by atoms with Crippen LogP contribution < -0.4 is 5.73 Å². The van der Waals surface area contributed by atoms with Crippen LogP contribution >= 0.6 is 0 Å². The standard InChI is InChI=1S/C12H20N2O2/c1-10-6-11(8-14-7-10)12(15,9-16-2)4-3-5-13/h6-8,15H,3-5,9,13H2,1-2H3. The van der Waals surface area contributed by atoms with Gasteiger partial charge in [-0.2, -0.15) is 0 Å². The van der Waals surface area contributed by atoms with Gasteiger partial charge >= 0.3 is 0 Å².